The van der Waals surface area contributed by atoms with Crippen molar-refractivity contribution in [3.63, 3.8) is 0 Å². The summed E-state index contributed by atoms with van der Waals surface area (Å²) in [7, 11) is 1.63. The highest BCUT2D eigenvalue weighted by atomic mass is 19.1. The van der Waals surface area contributed by atoms with E-state index >= 15 is 4.39 Å². The Morgan fingerprint density at radius 3 is 1.95 bits per heavy atom. The molecule has 2 fully saturated rings. The van der Waals surface area contributed by atoms with Gasteiger partial charge in [0.15, 0.2) is 0 Å². The van der Waals surface area contributed by atoms with E-state index in [1.54, 1.807) is 52.1 Å². The molecule has 0 aliphatic carbocycles. The fourth-order valence-electron chi connectivity index (χ4n) is 9.24. The van der Waals surface area contributed by atoms with E-state index in [1.165, 1.54) is 24.3 Å². The highest BCUT2D eigenvalue weighted by Crippen LogP contribution is 2.46. The minimum Gasteiger partial charge on any atom is -0.497 e. The number of aromatic nitrogens is 2. The number of rotatable bonds is 9. The van der Waals surface area contributed by atoms with Gasteiger partial charge in [-0.05, 0) is 111 Å². The Morgan fingerprint density at radius 1 is 0.716 bits per heavy atom. The molecule has 7 aromatic rings. The maximum absolute atomic E-state index is 15.2. The standard InChI is InChI=1S/C35H36FN3O6.C22H20FN3O3/c1-35(2,3)45-34(40)37-26-7-10-31-23(17-26)15-24-16-25(36)18-29(33(24)44-31)30-19-27(39-11-13-42-14-12-39)20-32(38-30)43-21-22-5-8-28(41-4)9-6-22;23-15-8-14-7-13-9-16(24)1-2-20(13)29-22(14)18(10-15)19-11-17(12-21(27)25-19)26-3-5-28-6-4-26/h5-10,16-20H,11-15,21H2,1-4H3,(H,37,40);1-2,8-12H,3-7,24H2,(H,25,27). The maximum atomic E-state index is 15.2. The lowest BCUT2D eigenvalue weighted by atomic mass is 9.95. The van der Waals surface area contributed by atoms with E-state index in [4.69, 9.17) is 43.9 Å². The number of halogens is 2. The molecule has 2 aromatic heterocycles. The number of hydrogen-bond donors (Lipinski definition) is 3. The molecule has 0 atom stereocenters. The number of aromatic amines is 1. The Hall–Kier alpha value is -8.15. The Labute approximate surface area is 426 Å². The number of ether oxygens (including phenoxy) is 7. The number of nitrogen functional groups attached to an aromatic ring is 1. The topological polar surface area (TPSA) is 172 Å². The molecule has 74 heavy (non-hydrogen) atoms. The van der Waals surface area contributed by atoms with Crippen LogP contribution in [0.2, 0.25) is 0 Å². The number of benzene rings is 5. The predicted octanol–water partition coefficient (Wildman–Crippen LogP) is 10.7. The van der Waals surface area contributed by atoms with Crippen LogP contribution in [0.25, 0.3) is 22.5 Å². The minimum atomic E-state index is -0.623. The minimum absolute atomic E-state index is 0.244. The zero-order valence-electron chi connectivity index (χ0n) is 41.5. The van der Waals surface area contributed by atoms with Crippen LogP contribution in [-0.2, 0) is 33.7 Å². The second kappa shape index (κ2) is 21.1. The molecule has 11 rings (SSSR count). The molecule has 15 nitrogen and oxygen atoms in total. The average Bonchev–Trinajstić information content (AvgIpc) is 3.39. The molecule has 0 bridgehead atoms. The highest BCUT2D eigenvalue weighted by molar-refractivity contribution is 5.85. The van der Waals surface area contributed by atoms with Crippen LogP contribution < -0.4 is 45.4 Å². The zero-order chi connectivity index (χ0) is 51.5. The third-order valence-electron chi connectivity index (χ3n) is 12.7. The van der Waals surface area contributed by atoms with Gasteiger partial charge in [0.05, 0.1) is 44.9 Å². The lowest BCUT2D eigenvalue weighted by Crippen LogP contribution is -2.36. The van der Waals surface area contributed by atoms with E-state index in [0.29, 0.717) is 140 Å². The number of H-pyrrole nitrogens is 1. The third kappa shape index (κ3) is 11.5. The number of methoxy groups -OCH3 is 1. The number of morpholine rings is 2. The van der Waals surface area contributed by atoms with Crippen molar-refractivity contribution in [2.24, 2.45) is 0 Å². The van der Waals surface area contributed by atoms with Gasteiger partial charge in [0, 0.05) is 107 Å². The number of carbonyl (C=O) groups is 1. The monoisotopic (exact) mass is 1010 g/mol. The first kappa shape index (κ1) is 49.4. The van der Waals surface area contributed by atoms with Crippen molar-refractivity contribution < 1.29 is 46.7 Å². The van der Waals surface area contributed by atoms with Crippen molar-refractivity contribution in [2.75, 3.05) is 80.6 Å². The number of fused-ring (bicyclic) bond motifs is 4. The SMILES string of the molecule is COc1ccc(COc2cc(N3CCOCC3)cc(-c3cc(F)cc4c3Oc3ccc(NC(=O)OC(C)(C)C)cc3C4)n2)cc1.Nc1ccc2c(c1)Cc1cc(F)cc(-c3cc(N4CCOCC4)cc(=O)[nH]3)c1O2. The number of carbonyl (C=O) groups excluding carboxylic acids is 1. The van der Waals surface area contributed by atoms with Crippen molar-refractivity contribution in [2.45, 2.75) is 45.8 Å². The number of nitrogens with one attached hydrogen (secondary N) is 2. The molecule has 0 saturated carbocycles. The van der Waals surface area contributed by atoms with E-state index in [2.05, 4.69) is 20.1 Å². The van der Waals surface area contributed by atoms with Crippen LogP contribution in [-0.4, -0.2) is 81.4 Å². The first-order valence-corrected chi connectivity index (χ1v) is 24.4. The van der Waals surface area contributed by atoms with Gasteiger partial charge >= 0.3 is 6.09 Å². The maximum Gasteiger partial charge on any atom is 0.412 e. The van der Waals surface area contributed by atoms with E-state index in [9.17, 15) is 14.0 Å². The molecule has 5 aromatic carbocycles. The van der Waals surface area contributed by atoms with E-state index in [0.717, 1.165) is 39.4 Å². The van der Waals surface area contributed by atoms with Crippen LogP contribution in [0.3, 0.4) is 0 Å². The molecule has 0 spiro atoms. The molecular weight excluding hydrogens is 951 g/mol. The van der Waals surface area contributed by atoms with E-state index < -0.39 is 17.5 Å². The Balaban J connectivity index is 0.000000185. The molecule has 4 aliphatic heterocycles. The zero-order valence-corrected chi connectivity index (χ0v) is 41.5. The molecule has 382 valence electrons. The Morgan fingerprint density at radius 2 is 1.31 bits per heavy atom. The molecule has 0 unspecified atom stereocenters. The van der Waals surface area contributed by atoms with Crippen molar-refractivity contribution in [3.8, 4) is 57.1 Å². The van der Waals surface area contributed by atoms with Gasteiger partial charge in [-0.3, -0.25) is 10.1 Å². The summed E-state index contributed by atoms with van der Waals surface area (Å²) in [6.45, 7) is 11.0. The molecule has 4 aliphatic rings. The Bertz CT molecular complexity index is 3280. The van der Waals surface area contributed by atoms with Gasteiger partial charge < -0.3 is 53.7 Å². The number of pyridine rings is 2. The number of hydrogen-bond acceptors (Lipinski definition) is 13. The number of nitrogens with zero attached hydrogens (tertiary/aromatic N) is 3. The van der Waals surface area contributed by atoms with Crippen LogP contribution in [0.4, 0.5) is 36.3 Å². The Kier molecular flexibility index (Phi) is 14.1. The second-order valence-electron chi connectivity index (χ2n) is 19.3. The van der Waals surface area contributed by atoms with Crippen LogP contribution in [0.5, 0.6) is 34.6 Å². The molecule has 17 heteroatoms. The number of anilines is 4. The highest BCUT2D eigenvalue weighted by Gasteiger charge is 2.27. The quantitative estimate of drug-likeness (QED) is 0.117. The predicted molar refractivity (Wildman–Crippen MR) is 278 cm³/mol. The van der Waals surface area contributed by atoms with Crippen LogP contribution in [0.15, 0.2) is 114 Å². The molecule has 2 saturated heterocycles. The summed E-state index contributed by atoms with van der Waals surface area (Å²) in [5, 5.41) is 2.76. The molecule has 6 heterocycles. The molecular formula is C57H56F2N6O9. The van der Waals surface area contributed by atoms with Crippen molar-refractivity contribution in [1.82, 2.24) is 9.97 Å². The van der Waals surface area contributed by atoms with Crippen LogP contribution >= 0.6 is 0 Å². The van der Waals surface area contributed by atoms with Crippen molar-refractivity contribution in [3.05, 3.63) is 159 Å². The van der Waals surface area contributed by atoms with Gasteiger partial charge in [-0.15, -0.1) is 0 Å². The average molecular weight is 1010 g/mol. The lowest BCUT2D eigenvalue weighted by Gasteiger charge is -2.29. The normalized spacial score (nSPS) is 14.6. The van der Waals surface area contributed by atoms with Gasteiger partial charge in [-0.1, -0.05) is 12.1 Å². The molecule has 1 amide bonds. The first-order valence-electron chi connectivity index (χ1n) is 24.4. The summed E-state index contributed by atoms with van der Waals surface area (Å²) in [4.78, 5) is 36.6. The smallest absolute Gasteiger partial charge is 0.412 e. The summed E-state index contributed by atoms with van der Waals surface area (Å²) in [5.74, 6) is 2.78. The van der Waals surface area contributed by atoms with Gasteiger partial charge in [0.2, 0.25) is 11.4 Å². The fourth-order valence-corrected chi connectivity index (χ4v) is 9.24. The first-order chi connectivity index (χ1) is 35.7. The van der Waals surface area contributed by atoms with E-state index in [-0.39, 0.29) is 11.4 Å². The summed E-state index contributed by atoms with van der Waals surface area (Å²) < 4.78 is 69.9. The van der Waals surface area contributed by atoms with Gasteiger partial charge in [0.1, 0.15) is 52.6 Å². The number of nitrogens with two attached hydrogens (primary N) is 1. The van der Waals surface area contributed by atoms with Gasteiger partial charge in [-0.2, -0.15) is 0 Å². The summed E-state index contributed by atoms with van der Waals surface area (Å²) in [6, 6.07) is 31.5. The summed E-state index contributed by atoms with van der Waals surface area (Å²) >= 11 is 0. The molecule has 4 N–H and O–H groups in total. The van der Waals surface area contributed by atoms with Crippen LogP contribution in [0, 0.1) is 11.6 Å². The largest absolute Gasteiger partial charge is 0.497 e. The van der Waals surface area contributed by atoms with E-state index in [1.807, 2.05) is 60.7 Å². The van der Waals surface area contributed by atoms with Gasteiger partial charge in [0.25, 0.3) is 0 Å². The lowest BCUT2D eigenvalue weighted by molar-refractivity contribution is 0.0635. The molecule has 0 radical (unpaired) electrons. The van der Waals surface area contributed by atoms with Crippen LogP contribution in [0.1, 0.15) is 48.6 Å². The van der Waals surface area contributed by atoms with Crippen molar-refractivity contribution >= 4 is 28.8 Å². The third-order valence-corrected chi connectivity index (χ3v) is 12.7. The summed E-state index contributed by atoms with van der Waals surface area (Å²) in [5.41, 5.74) is 14.1. The summed E-state index contributed by atoms with van der Waals surface area (Å²) in [6.07, 6.45) is 0.362. The fraction of sp³-hybridized carbons (Fsp3) is 0.281. The van der Waals surface area contributed by atoms with Crippen molar-refractivity contribution in [1.29, 1.82) is 0 Å². The van der Waals surface area contributed by atoms with Gasteiger partial charge in [-0.25, -0.2) is 18.6 Å². The number of amides is 1. The second-order valence-corrected chi connectivity index (χ2v) is 19.3.